The van der Waals surface area contributed by atoms with E-state index in [1.54, 1.807) is 24.9 Å². The second-order valence-electron chi connectivity index (χ2n) is 5.08. The average Bonchev–Trinajstić information content (AvgIpc) is 3.29. The Morgan fingerprint density at radius 2 is 1.78 bits per heavy atom. The van der Waals surface area contributed by atoms with Crippen LogP contribution in [0.3, 0.4) is 0 Å². The van der Waals surface area contributed by atoms with Crippen LogP contribution in [0.1, 0.15) is 17.4 Å². The lowest BCUT2D eigenvalue weighted by Crippen LogP contribution is -2.14. The number of aromatic nitrogens is 3. The summed E-state index contributed by atoms with van der Waals surface area (Å²) in [6.07, 6.45) is 8.31. The van der Waals surface area contributed by atoms with Gasteiger partial charge in [0.1, 0.15) is 23.7 Å². The first-order valence-electron chi connectivity index (χ1n) is 7.27. The van der Waals surface area contributed by atoms with Crippen molar-refractivity contribution in [1.29, 1.82) is 0 Å². The molecule has 4 aromatic heterocycles. The molecule has 0 radical (unpaired) electrons. The molecule has 0 aliphatic heterocycles. The van der Waals surface area contributed by atoms with E-state index in [4.69, 9.17) is 8.83 Å². The van der Waals surface area contributed by atoms with Gasteiger partial charge in [-0.1, -0.05) is 0 Å². The van der Waals surface area contributed by atoms with Gasteiger partial charge in [0.2, 0.25) is 0 Å². The molecule has 0 aliphatic rings. The number of furan rings is 2. The first-order chi connectivity index (χ1) is 11.4. The van der Waals surface area contributed by atoms with Crippen LogP contribution in [0.5, 0.6) is 0 Å². The van der Waals surface area contributed by atoms with Gasteiger partial charge >= 0.3 is 0 Å². The van der Waals surface area contributed by atoms with Crippen molar-refractivity contribution in [2.24, 2.45) is 0 Å². The van der Waals surface area contributed by atoms with Gasteiger partial charge < -0.3 is 14.2 Å². The Balaban J connectivity index is 1.63. The first kappa shape index (κ1) is 13.5. The van der Waals surface area contributed by atoms with E-state index in [2.05, 4.69) is 20.3 Å². The molecule has 1 N–H and O–H groups in total. The molecule has 0 aromatic carbocycles. The molecule has 0 spiro atoms. The number of hydrogen-bond acceptors (Lipinski definition) is 6. The highest BCUT2D eigenvalue weighted by Crippen LogP contribution is 2.27. The minimum atomic E-state index is -0.0353. The molecular formula is C17H14N4O2. The van der Waals surface area contributed by atoms with E-state index < -0.39 is 0 Å². The summed E-state index contributed by atoms with van der Waals surface area (Å²) in [4.78, 5) is 12.6. The Labute approximate surface area is 132 Å². The summed E-state index contributed by atoms with van der Waals surface area (Å²) >= 11 is 0. The van der Waals surface area contributed by atoms with Gasteiger partial charge in [-0.05, 0) is 30.3 Å². The van der Waals surface area contributed by atoms with Crippen molar-refractivity contribution in [2.45, 2.75) is 5.92 Å². The lowest BCUT2D eigenvalue weighted by molar-refractivity contribution is 0.433. The predicted molar refractivity (Wildman–Crippen MR) is 85.1 cm³/mol. The fourth-order valence-corrected chi connectivity index (χ4v) is 2.57. The zero-order valence-corrected chi connectivity index (χ0v) is 12.2. The highest BCUT2D eigenvalue weighted by atomic mass is 16.3. The van der Waals surface area contributed by atoms with Crippen molar-refractivity contribution in [2.75, 3.05) is 11.9 Å². The topological polar surface area (TPSA) is 77.0 Å². The molecule has 114 valence electrons. The lowest BCUT2D eigenvalue weighted by atomic mass is 10.0. The minimum Gasteiger partial charge on any atom is -0.469 e. The fraction of sp³-hybridized carbons (Fsp3) is 0.118. The molecule has 0 unspecified atom stereocenters. The van der Waals surface area contributed by atoms with Crippen LogP contribution in [-0.2, 0) is 0 Å². The van der Waals surface area contributed by atoms with E-state index in [1.165, 1.54) is 6.33 Å². The molecule has 0 aliphatic carbocycles. The third kappa shape index (κ3) is 2.66. The van der Waals surface area contributed by atoms with Crippen LogP contribution in [0.25, 0.3) is 10.9 Å². The summed E-state index contributed by atoms with van der Waals surface area (Å²) in [5, 5.41) is 4.30. The second kappa shape index (κ2) is 5.92. The van der Waals surface area contributed by atoms with Crippen molar-refractivity contribution in [3.05, 3.63) is 73.1 Å². The normalized spacial score (nSPS) is 11.2. The Bertz CT molecular complexity index is 849. The Kier molecular flexibility index (Phi) is 3.48. The molecule has 0 bridgehead atoms. The fourth-order valence-electron chi connectivity index (χ4n) is 2.57. The third-order valence-electron chi connectivity index (χ3n) is 3.69. The maximum atomic E-state index is 5.55. The highest BCUT2D eigenvalue weighted by Gasteiger charge is 2.20. The van der Waals surface area contributed by atoms with Gasteiger partial charge in [-0.15, -0.1) is 0 Å². The van der Waals surface area contributed by atoms with E-state index in [0.29, 0.717) is 6.54 Å². The number of rotatable bonds is 5. The summed E-state index contributed by atoms with van der Waals surface area (Å²) in [5.41, 5.74) is 0.803. The van der Waals surface area contributed by atoms with Gasteiger partial charge in [0, 0.05) is 18.1 Å². The summed E-state index contributed by atoms with van der Waals surface area (Å²) in [6, 6.07) is 9.52. The minimum absolute atomic E-state index is 0.0353. The number of fused-ring (bicyclic) bond motifs is 1. The van der Waals surface area contributed by atoms with Crippen molar-refractivity contribution < 1.29 is 8.83 Å². The van der Waals surface area contributed by atoms with Gasteiger partial charge in [-0.3, -0.25) is 4.98 Å². The Morgan fingerprint density at radius 3 is 2.48 bits per heavy atom. The smallest absolute Gasteiger partial charge is 0.137 e. The zero-order valence-electron chi connectivity index (χ0n) is 12.2. The van der Waals surface area contributed by atoms with Crippen LogP contribution < -0.4 is 5.32 Å². The van der Waals surface area contributed by atoms with Crippen molar-refractivity contribution >= 4 is 16.7 Å². The Morgan fingerprint density at radius 1 is 1.00 bits per heavy atom. The number of nitrogens with one attached hydrogen (secondary N) is 1. The van der Waals surface area contributed by atoms with E-state index in [0.717, 1.165) is 28.2 Å². The Hall–Kier alpha value is -3.15. The van der Waals surface area contributed by atoms with Gasteiger partial charge in [-0.2, -0.15) is 0 Å². The standard InChI is InChI=1S/C17H14N4O2/c1-3-15(22-7-1)13(16-4-2-8-23-16)9-19-17-12-5-6-18-10-14(12)20-11-21-17/h1-8,10-11,13H,9H2,(H,19,20,21). The zero-order chi connectivity index (χ0) is 15.5. The third-order valence-corrected chi connectivity index (χ3v) is 3.69. The number of nitrogens with zero attached hydrogens (tertiary/aromatic N) is 3. The molecule has 4 heterocycles. The monoisotopic (exact) mass is 306 g/mol. The molecular weight excluding hydrogens is 292 g/mol. The molecule has 4 aromatic rings. The molecule has 6 nitrogen and oxygen atoms in total. The van der Waals surface area contributed by atoms with Crippen molar-refractivity contribution in [3.63, 3.8) is 0 Å². The largest absolute Gasteiger partial charge is 0.469 e. The lowest BCUT2D eigenvalue weighted by Gasteiger charge is -2.14. The molecule has 4 rings (SSSR count). The van der Waals surface area contributed by atoms with Crippen molar-refractivity contribution in [3.8, 4) is 0 Å². The van der Waals surface area contributed by atoms with Gasteiger partial charge in [0.25, 0.3) is 0 Å². The summed E-state index contributed by atoms with van der Waals surface area (Å²) < 4.78 is 11.1. The summed E-state index contributed by atoms with van der Waals surface area (Å²) in [5.74, 6) is 2.41. The van der Waals surface area contributed by atoms with E-state index >= 15 is 0 Å². The van der Waals surface area contributed by atoms with E-state index in [-0.39, 0.29) is 5.92 Å². The van der Waals surface area contributed by atoms with Crippen LogP contribution in [0.2, 0.25) is 0 Å². The molecule has 0 amide bonds. The number of anilines is 1. The van der Waals surface area contributed by atoms with E-state index in [9.17, 15) is 0 Å². The second-order valence-corrected chi connectivity index (χ2v) is 5.08. The van der Waals surface area contributed by atoms with Crippen LogP contribution in [-0.4, -0.2) is 21.5 Å². The number of hydrogen-bond donors (Lipinski definition) is 1. The van der Waals surface area contributed by atoms with Crippen LogP contribution in [0.4, 0.5) is 5.82 Å². The molecule has 0 saturated heterocycles. The predicted octanol–water partition coefficient (Wildman–Crippen LogP) is 3.45. The molecule has 6 heteroatoms. The van der Waals surface area contributed by atoms with Gasteiger partial charge in [0.05, 0.1) is 30.2 Å². The molecule has 0 fully saturated rings. The summed E-state index contributed by atoms with van der Waals surface area (Å²) in [7, 11) is 0. The van der Waals surface area contributed by atoms with Crippen LogP contribution in [0, 0.1) is 0 Å². The van der Waals surface area contributed by atoms with Gasteiger partial charge in [-0.25, -0.2) is 9.97 Å². The number of pyridine rings is 1. The van der Waals surface area contributed by atoms with E-state index in [1.807, 2.05) is 30.3 Å². The maximum absolute atomic E-state index is 5.55. The molecule has 0 saturated carbocycles. The average molecular weight is 306 g/mol. The molecule has 0 atom stereocenters. The van der Waals surface area contributed by atoms with Gasteiger partial charge in [0.15, 0.2) is 0 Å². The maximum Gasteiger partial charge on any atom is 0.137 e. The SMILES string of the molecule is c1coc(C(CNc2ncnc3cnccc23)c2ccco2)c1. The molecule has 23 heavy (non-hydrogen) atoms. The van der Waals surface area contributed by atoms with Crippen molar-refractivity contribution in [1.82, 2.24) is 15.0 Å². The van der Waals surface area contributed by atoms with Crippen LogP contribution >= 0.6 is 0 Å². The highest BCUT2D eigenvalue weighted by molar-refractivity contribution is 5.87. The summed E-state index contributed by atoms with van der Waals surface area (Å²) in [6.45, 7) is 0.593. The first-order valence-corrected chi connectivity index (χ1v) is 7.27. The van der Waals surface area contributed by atoms with Crippen LogP contribution in [0.15, 0.2) is 70.4 Å². The quantitative estimate of drug-likeness (QED) is 0.608.